The van der Waals surface area contributed by atoms with Crippen LogP contribution in [0.15, 0.2) is 42.9 Å². The van der Waals surface area contributed by atoms with Gasteiger partial charge in [-0.15, -0.1) is 23.5 Å². The standard InChI is InChI=1S/C69H91N11O27S2/c1-15-108-69(109-16-2)46-20-17-24-77(46)66(93)45-28-50(96-14)51(29-47(45)80(94)95)97-25-18-21-55(89)73-54-32-76(13)62(74-54)65(92)72-44-27-49(79(31-44)68-61(105-42(10)88)59(103-40(8)86)57(101-38(6)84)53(107-68)34-99-36(4)82)64(91)71-43-26-48(63(90)70-22-19-23-75(11)12)78(30-43)67-60(104-41(9)87)58(102-39(7)85)56(100-37(5)83)52(106-67)33-98-35(3)81/h26-32,46,52-53,56-61,67-69H,15-25,33-34H2,1-14H3,(H,70,90)(H,71,91)(H,72,92)(H,73,89)/t46-,52-,53-,56-,57-,58-,59-,60-,61-,67+,68+/m1/s1. The average molecular weight is 1570 g/mol. The normalized spacial score (nSPS) is 20.9. The summed E-state index contributed by atoms with van der Waals surface area (Å²) in [6.07, 6.45) is -11.9. The Morgan fingerprint density at radius 2 is 1.11 bits per heavy atom. The Kier molecular flexibility index (Phi) is 31.3. The van der Waals surface area contributed by atoms with Crippen LogP contribution in [0.25, 0.3) is 0 Å². The number of rotatable bonds is 35. The molecule has 38 nitrogen and oxygen atoms in total. The van der Waals surface area contributed by atoms with Crippen LogP contribution in [-0.4, -0.2) is 242 Å². The number of hydrogen-bond acceptors (Lipinski definition) is 31. The minimum Gasteiger partial charge on any atom is -0.493 e. The van der Waals surface area contributed by atoms with Gasteiger partial charge in [-0.1, -0.05) is 13.8 Å². The third-order valence-corrected chi connectivity index (χ3v) is 19.4. The molecule has 0 saturated carbocycles. The molecule has 3 fully saturated rings. The highest BCUT2D eigenvalue weighted by Gasteiger charge is 2.55. The number of aryl methyl sites for hydroxylation is 1. The Bertz CT molecular complexity index is 4020. The summed E-state index contributed by atoms with van der Waals surface area (Å²) >= 11 is 3.45. The summed E-state index contributed by atoms with van der Waals surface area (Å²) in [6, 6.07) is 4.53. The summed E-state index contributed by atoms with van der Waals surface area (Å²) in [5.74, 6) is -10.3. The van der Waals surface area contributed by atoms with Gasteiger partial charge in [0.05, 0.1) is 46.7 Å². The molecule has 0 bridgehead atoms. The Morgan fingerprint density at radius 1 is 0.624 bits per heavy atom. The molecular formula is C69H91N11O27S2. The Morgan fingerprint density at radius 3 is 1.58 bits per heavy atom. The van der Waals surface area contributed by atoms with Crippen molar-refractivity contribution in [1.82, 2.24) is 33.8 Å². The highest BCUT2D eigenvalue weighted by molar-refractivity contribution is 8.17. The molecule has 109 heavy (non-hydrogen) atoms. The molecule has 4 N–H and O–H groups in total. The number of carbonyl (C=O) groups is 13. The van der Waals surface area contributed by atoms with Crippen molar-refractivity contribution in [2.45, 2.75) is 173 Å². The molecule has 1 aromatic carbocycles. The number of esters is 8. The fourth-order valence-corrected chi connectivity index (χ4v) is 15.3. The van der Waals surface area contributed by atoms with E-state index in [-0.39, 0.29) is 82.4 Å². The van der Waals surface area contributed by atoms with E-state index in [4.69, 9.17) is 56.8 Å². The van der Waals surface area contributed by atoms with Crippen LogP contribution < -0.4 is 30.7 Å². The van der Waals surface area contributed by atoms with E-state index < -0.39 is 168 Å². The molecular weight excluding hydrogens is 1480 g/mol. The van der Waals surface area contributed by atoms with Gasteiger partial charge in [-0.2, -0.15) is 0 Å². The van der Waals surface area contributed by atoms with Gasteiger partial charge in [-0.3, -0.25) is 72.4 Å². The molecule has 0 aliphatic carbocycles. The number of anilines is 3. The van der Waals surface area contributed by atoms with E-state index in [1.807, 2.05) is 32.8 Å². The molecule has 0 spiro atoms. The number of aromatic nitrogens is 4. The van der Waals surface area contributed by atoms with Crippen LogP contribution in [-0.2, 0) is 97.6 Å². The number of ether oxygens (including phenoxy) is 12. The maximum Gasteiger partial charge on any atom is 0.303 e. The van der Waals surface area contributed by atoms with Crippen molar-refractivity contribution in [1.29, 1.82) is 0 Å². The van der Waals surface area contributed by atoms with Crippen LogP contribution in [0.4, 0.5) is 22.9 Å². The number of likely N-dealkylation sites (tertiary alicyclic amines) is 1. The minimum absolute atomic E-state index is 0.0408. The van der Waals surface area contributed by atoms with Crippen LogP contribution in [0.2, 0.25) is 0 Å². The first-order valence-corrected chi connectivity index (χ1v) is 36.7. The first-order chi connectivity index (χ1) is 51.6. The lowest BCUT2D eigenvalue weighted by Gasteiger charge is -2.45. The van der Waals surface area contributed by atoms with Crippen LogP contribution in [0, 0.1) is 10.1 Å². The van der Waals surface area contributed by atoms with Gasteiger partial charge < -0.3 is 102 Å². The Hall–Kier alpha value is -10.3. The maximum atomic E-state index is 15.4. The molecule has 0 unspecified atom stereocenters. The summed E-state index contributed by atoms with van der Waals surface area (Å²) in [6.45, 7) is 11.7. The number of imidazole rings is 1. The zero-order chi connectivity index (χ0) is 80.2. The van der Waals surface area contributed by atoms with E-state index in [1.54, 1.807) is 28.4 Å². The molecule has 0 radical (unpaired) electrons. The van der Waals surface area contributed by atoms with Gasteiger partial charge in [0.2, 0.25) is 11.7 Å². The summed E-state index contributed by atoms with van der Waals surface area (Å²) < 4.78 is 72.5. The molecule has 596 valence electrons. The number of nitrogens with one attached hydrogen (secondary N) is 4. The number of hydrogen-bond donors (Lipinski definition) is 4. The molecule has 3 saturated heterocycles. The third kappa shape index (κ3) is 23.4. The lowest BCUT2D eigenvalue weighted by Crippen LogP contribution is -2.60. The average Bonchev–Trinajstić information content (AvgIpc) is 1.73. The van der Waals surface area contributed by atoms with Crippen LogP contribution in [0.5, 0.6) is 11.5 Å². The lowest BCUT2D eigenvalue weighted by atomic mass is 9.97. The molecule has 5 amide bonds. The van der Waals surface area contributed by atoms with Crippen LogP contribution >= 0.6 is 23.5 Å². The number of nitrogens with zero attached hydrogens (tertiary/aromatic N) is 7. The monoisotopic (exact) mass is 1570 g/mol. The molecule has 3 aliphatic heterocycles. The summed E-state index contributed by atoms with van der Waals surface area (Å²) in [4.78, 5) is 194. The lowest BCUT2D eigenvalue weighted by molar-refractivity contribution is -0.385. The second-order valence-corrected chi connectivity index (χ2v) is 28.5. The predicted octanol–water partition coefficient (Wildman–Crippen LogP) is 4.87. The number of nitro benzene ring substituents is 1. The van der Waals surface area contributed by atoms with E-state index in [9.17, 15) is 67.6 Å². The number of nitro groups is 1. The zero-order valence-corrected chi connectivity index (χ0v) is 64.3. The van der Waals surface area contributed by atoms with Crippen molar-refractivity contribution in [2.75, 3.05) is 88.1 Å². The minimum atomic E-state index is -1.87. The van der Waals surface area contributed by atoms with Gasteiger partial charge in [-0.25, -0.2) is 4.98 Å². The second-order valence-electron chi connectivity index (χ2n) is 25.4. The number of carbonyl (C=O) groups excluding carboxylic acids is 13. The van der Waals surface area contributed by atoms with E-state index in [1.165, 1.54) is 37.1 Å². The van der Waals surface area contributed by atoms with E-state index >= 15 is 4.79 Å². The number of thioether (sulfide) groups is 2. The van der Waals surface area contributed by atoms with E-state index in [0.717, 1.165) is 113 Å². The number of methoxy groups -OCH3 is 1. The predicted molar refractivity (Wildman–Crippen MR) is 385 cm³/mol. The van der Waals surface area contributed by atoms with Gasteiger partial charge in [0, 0.05) is 107 Å². The van der Waals surface area contributed by atoms with Crippen molar-refractivity contribution in [3.63, 3.8) is 0 Å². The fourth-order valence-electron chi connectivity index (χ4n) is 12.4. The van der Waals surface area contributed by atoms with Gasteiger partial charge in [0.1, 0.15) is 42.4 Å². The van der Waals surface area contributed by atoms with E-state index in [2.05, 4.69) is 26.3 Å². The summed E-state index contributed by atoms with van der Waals surface area (Å²) in [5.41, 5.74) is -1.95. The van der Waals surface area contributed by atoms with Gasteiger partial charge in [0.15, 0.2) is 66.4 Å². The summed E-state index contributed by atoms with van der Waals surface area (Å²) in [7, 11) is 6.36. The van der Waals surface area contributed by atoms with Gasteiger partial charge in [0.25, 0.3) is 29.3 Å². The highest BCUT2D eigenvalue weighted by atomic mass is 32.2. The first-order valence-electron chi connectivity index (χ1n) is 34.6. The molecule has 3 aromatic heterocycles. The largest absolute Gasteiger partial charge is 0.493 e. The van der Waals surface area contributed by atoms with Gasteiger partial charge >= 0.3 is 47.8 Å². The second kappa shape index (κ2) is 39.7. The topological polar surface area (TPSA) is 458 Å². The molecule has 7 rings (SSSR count). The number of benzene rings is 1. The Balaban J connectivity index is 1.23. The fraction of sp³-hybridized carbons (Fsp3) is 0.565. The molecule has 40 heteroatoms. The molecule has 4 aromatic rings. The SMILES string of the molecule is CCSC(SCC)[C@H]1CCCN1C(=O)c1cc(OC)c(OCCCC(=O)Nc2cn(C)c(C(=O)Nc3cc(C(=O)Nc4cc(C(=O)NCCCN(C)C)n([C@H]5O[C@H](COC(C)=O)[C@@H](OC(C)=O)[C@@H](OC(C)=O)[C@H]5OC(C)=O)c4)n([C@H]4O[C@H](COC(C)=O)[C@@H](OC(C)=O)[C@@H](OC(C)=O)[C@H]4OC(C)=O)c3)n2)cc1[N+](=O)[O-]. The van der Waals surface area contributed by atoms with Crippen molar-refractivity contribution in [3.8, 4) is 11.5 Å². The van der Waals surface area contributed by atoms with Crippen molar-refractivity contribution < 1.29 is 124 Å². The number of amides is 5. The summed E-state index contributed by atoms with van der Waals surface area (Å²) in [5, 5.41) is 23.2. The van der Waals surface area contributed by atoms with Crippen LogP contribution in [0.1, 0.15) is 156 Å². The third-order valence-electron chi connectivity index (χ3n) is 16.6. The zero-order valence-electron chi connectivity index (χ0n) is 62.6. The van der Waals surface area contributed by atoms with Crippen LogP contribution in [0.3, 0.4) is 0 Å². The van der Waals surface area contributed by atoms with Crippen molar-refractivity contribution >= 4 is 124 Å². The van der Waals surface area contributed by atoms with Crippen molar-refractivity contribution in [2.24, 2.45) is 7.05 Å². The first kappa shape index (κ1) is 85.9. The van der Waals surface area contributed by atoms with E-state index in [0.29, 0.717) is 19.5 Å². The highest BCUT2D eigenvalue weighted by Crippen LogP contribution is 2.42. The Labute approximate surface area is 634 Å². The molecule has 11 atom stereocenters. The maximum absolute atomic E-state index is 15.4. The van der Waals surface area contributed by atoms with Crippen molar-refractivity contribution in [3.05, 3.63) is 75.7 Å². The smallest absolute Gasteiger partial charge is 0.303 e. The van der Waals surface area contributed by atoms with Gasteiger partial charge in [-0.05, 0) is 70.0 Å². The molecule has 6 heterocycles. The molecule has 3 aliphatic rings. The quantitative estimate of drug-likeness (QED) is 0.0119.